The van der Waals surface area contributed by atoms with Gasteiger partial charge in [-0.1, -0.05) is 46.0 Å². The highest BCUT2D eigenvalue weighted by Gasteiger charge is 2.32. The van der Waals surface area contributed by atoms with Crippen LogP contribution in [0.3, 0.4) is 0 Å². The first-order chi connectivity index (χ1) is 16.0. The Kier molecular flexibility index (Phi) is 13.2. The number of nitrogens with one attached hydrogen (secondary N) is 2. The second-order valence-corrected chi connectivity index (χ2v) is 11.8. The summed E-state index contributed by atoms with van der Waals surface area (Å²) >= 11 is 0. The van der Waals surface area contributed by atoms with Crippen molar-refractivity contribution in [2.24, 2.45) is 11.8 Å². The number of amides is 2. The summed E-state index contributed by atoms with van der Waals surface area (Å²) in [5, 5.41) is 26.2. The number of aliphatic hydroxyl groups is 2. The van der Waals surface area contributed by atoms with Crippen LogP contribution >= 0.6 is 0 Å². The van der Waals surface area contributed by atoms with Gasteiger partial charge in [-0.2, -0.15) is 0 Å². The van der Waals surface area contributed by atoms with Gasteiger partial charge in [-0.3, -0.25) is 9.59 Å². The third-order valence-corrected chi connectivity index (χ3v) is 7.97. The van der Waals surface area contributed by atoms with E-state index in [1.165, 1.54) is 0 Å². The molecule has 9 heteroatoms. The fourth-order valence-electron chi connectivity index (χ4n) is 4.29. The van der Waals surface area contributed by atoms with Gasteiger partial charge in [0.15, 0.2) is 9.84 Å². The summed E-state index contributed by atoms with van der Waals surface area (Å²) in [5.74, 6) is 3.37. The average molecular weight is 497 g/mol. The summed E-state index contributed by atoms with van der Waals surface area (Å²) in [4.78, 5) is 25.3. The van der Waals surface area contributed by atoms with E-state index in [-0.39, 0.29) is 36.7 Å². The van der Waals surface area contributed by atoms with Gasteiger partial charge >= 0.3 is 0 Å². The van der Waals surface area contributed by atoms with Crippen molar-refractivity contribution in [3.63, 3.8) is 0 Å². The third kappa shape index (κ3) is 11.4. The zero-order valence-electron chi connectivity index (χ0n) is 20.3. The Morgan fingerprint density at radius 2 is 1.65 bits per heavy atom. The second-order valence-electron chi connectivity index (χ2n) is 9.61. The number of hydrogen-bond donors (Lipinski definition) is 4. The highest BCUT2D eigenvalue weighted by molar-refractivity contribution is 7.91. The molecule has 0 spiro atoms. The largest absolute Gasteiger partial charge is 0.389 e. The van der Waals surface area contributed by atoms with Crippen LogP contribution in [0, 0.1) is 36.5 Å². The van der Waals surface area contributed by atoms with Crippen LogP contribution in [0.5, 0.6) is 0 Å². The molecule has 0 aliphatic heterocycles. The number of carbonyl (C=O) groups excluding carboxylic acids is 2. The van der Waals surface area contributed by atoms with Crippen LogP contribution in [0.25, 0.3) is 0 Å². The van der Waals surface area contributed by atoms with E-state index in [1.54, 1.807) is 13.8 Å². The van der Waals surface area contributed by atoms with Crippen molar-refractivity contribution < 1.29 is 28.2 Å². The van der Waals surface area contributed by atoms with Gasteiger partial charge in [-0.15, -0.1) is 24.7 Å². The smallest absolute Gasteiger partial charge is 0.243 e. The van der Waals surface area contributed by atoms with Crippen LogP contribution in [0.2, 0.25) is 0 Å². The van der Waals surface area contributed by atoms with E-state index in [0.29, 0.717) is 12.3 Å². The zero-order chi connectivity index (χ0) is 25.7. The number of terminal acetylenes is 2. The Morgan fingerprint density at radius 3 is 2.21 bits per heavy atom. The molecule has 4 N–H and O–H groups in total. The zero-order valence-corrected chi connectivity index (χ0v) is 21.1. The molecule has 8 nitrogen and oxygen atoms in total. The first-order valence-electron chi connectivity index (χ1n) is 12.0. The number of sulfone groups is 1. The lowest BCUT2D eigenvalue weighted by Crippen LogP contribution is -2.55. The van der Waals surface area contributed by atoms with Crippen molar-refractivity contribution in [3.8, 4) is 24.7 Å². The lowest BCUT2D eigenvalue weighted by atomic mass is 9.82. The van der Waals surface area contributed by atoms with Gasteiger partial charge in [0.2, 0.25) is 11.8 Å². The monoisotopic (exact) mass is 496 g/mol. The predicted molar refractivity (Wildman–Crippen MR) is 132 cm³/mol. The summed E-state index contributed by atoms with van der Waals surface area (Å²) < 4.78 is 24.1. The molecular formula is C25H40N2O6S. The lowest BCUT2D eigenvalue weighted by Gasteiger charge is -2.32. The minimum absolute atomic E-state index is 0.0186. The standard InChI is InChI=1S/C25H40N2O6S/c1-5-10-20(26-23(29)14-15-34(32,33)17-18(3)4)25(31)27-21(24(30)22(28)11-6-2)16-19-12-8-7-9-13-19/h1-2,18-22,24,28,30H,7-17H2,3-4H3,(H,26,29)(H,27,31)/t20-,21-,22-,24+/m0/s1. The number of hydrogen-bond acceptors (Lipinski definition) is 6. The molecule has 0 heterocycles. The van der Waals surface area contributed by atoms with Crippen molar-refractivity contribution >= 4 is 21.7 Å². The van der Waals surface area contributed by atoms with Crippen molar-refractivity contribution in [2.75, 3.05) is 11.5 Å². The molecule has 1 aliphatic carbocycles. The number of aliphatic hydroxyl groups excluding tert-OH is 2. The molecule has 2 amide bonds. The first-order valence-corrected chi connectivity index (χ1v) is 13.8. The van der Waals surface area contributed by atoms with E-state index in [9.17, 15) is 28.2 Å². The van der Waals surface area contributed by atoms with Crippen LogP contribution in [-0.4, -0.2) is 66.2 Å². The van der Waals surface area contributed by atoms with E-state index in [2.05, 4.69) is 22.5 Å². The first kappa shape index (κ1) is 30.0. The average Bonchev–Trinajstić information content (AvgIpc) is 2.76. The fourth-order valence-corrected chi connectivity index (χ4v) is 5.97. The molecule has 0 aromatic rings. The van der Waals surface area contributed by atoms with Crippen LogP contribution < -0.4 is 10.6 Å². The molecule has 1 saturated carbocycles. The van der Waals surface area contributed by atoms with Crippen LogP contribution in [-0.2, 0) is 19.4 Å². The highest BCUT2D eigenvalue weighted by atomic mass is 32.2. The maximum Gasteiger partial charge on any atom is 0.243 e. The molecule has 0 radical (unpaired) electrons. The quantitative estimate of drug-likeness (QED) is 0.267. The van der Waals surface area contributed by atoms with Gasteiger partial charge in [0.25, 0.3) is 0 Å². The Balaban J connectivity index is 2.84. The normalized spacial score (nSPS) is 18.2. The van der Waals surface area contributed by atoms with E-state index in [0.717, 1.165) is 32.1 Å². The van der Waals surface area contributed by atoms with Crippen molar-refractivity contribution in [2.45, 2.75) is 95.9 Å². The molecule has 1 fully saturated rings. The van der Waals surface area contributed by atoms with Gasteiger partial charge in [-0.25, -0.2) is 8.42 Å². The Morgan fingerprint density at radius 1 is 1.03 bits per heavy atom. The van der Waals surface area contributed by atoms with Gasteiger partial charge < -0.3 is 20.8 Å². The summed E-state index contributed by atoms with van der Waals surface area (Å²) in [6.45, 7) is 3.56. The Hall–Kier alpha value is -2.07. The lowest BCUT2D eigenvalue weighted by molar-refractivity contribution is -0.130. The van der Waals surface area contributed by atoms with Crippen LogP contribution in [0.1, 0.15) is 71.6 Å². The van der Waals surface area contributed by atoms with E-state index < -0.39 is 45.9 Å². The topological polar surface area (TPSA) is 133 Å². The van der Waals surface area contributed by atoms with E-state index in [1.807, 2.05) is 0 Å². The highest BCUT2D eigenvalue weighted by Crippen LogP contribution is 2.28. The minimum Gasteiger partial charge on any atom is -0.389 e. The SMILES string of the molecule is C#CC[C@H](NC(=O)CCS(=O)(=O)CC(C)C)C(=O)N[C@@H](CC1CCCCC1)[C@@H](O)[C@@H](O)CC#C. The summed E-state index contributed by atoms with van der Waals surface area (Å²) in [6.07, 6.45) is 13.4. The fraction of sp³-hybridized carbons (Fsp3) is 0.760. The van der Waals surface area contributed by atoms with E-state index >= 15 is 0 Å². The summed E-state index contributed by atoms with van der Waals surface area (Å²) in [5.41, 5.74) is 0. The van der Waals surface area contributed by atoms with Crippen LogP contribution in [0.15, 0.2) is 0 Å². The second kappa shape index (κ2) is 15.0. The van der Waals surface area contributed by atoms with Gasteiger partial charge in [0, 0.05) is 19.3 Å². The minimum atomic E-state index is -3.38. The van der Waals surface area contributed by atoms with Crippen molar-refractivity contribution in [3.05, 3.63) is 0 Å². The summed E-state index contributed by atoms with van der Waals surface area (Å²) in [7, 11) is -3.38. The number of rotatable bonds is 14. The molecule has 0 saturated heterocycles. The van der Waals surface area contributed by atoms with Gasteiger partial charge in [0.1, 0.15) is 12.1 Å². The molecule has 0 bridgehead atoms. The van der Waals surface area contributed by atoms with Crippen molar-refractivity contribution in [1.29, 1.82) is 0 Å². The van der Waals surface area contributed by atoms with Gasteiger partial charge in [-0.05, 0) is 18.3 Å². The predicted octanol–water partition coefficient (Wildman–Crippen LogP) is 1.16. The molecule has 1 aliphatic rings. The maximum atomic E-state index is 13.0. The summed E-state index contributed by atoms with van der Waals surface area (Å²) in [6, 6.07) is -1.85. The molecule has 1 rings (SSSR count). The Bertz CT molecular complexity index is 836. The molecule has 0 unspecified atom stereocenters. The maximum absolute atomic E-state index is 13.0. The van der Waals surface area contributed by atoms with E-state index in [4.69, 9.17) is 12.8 Å². The third-order valence-electron chi connectivity index (χ3n) is 5.97. The van der Waals surface area contributed by atoms with Crippen LogP contribution in [0.4, 0.5) is 0 Å². The molecule has 192 valence electrons. The molecular weight excluding hydrogens is 456 g/mol. The van der Waals surface area contributed by atoms with Gasteiger partial charge in [0.05, 0.1) is 23.7 Å². The molecule has 4 atom stereocenters. The molecule has 0 aromatic heterocycles. The number of carbonyl (C=O) groups is 2. The molecule has 0 aromatic carbocycles. The molecule has 34 heavy (non-hydrogen) atoms. The van der Waals surface area contributed by atoms with Crippen molar-refractivity contribution in [1.82, 2.24) is 10.6 Å². The Labute approximate surface area is 204 Å².